The Morgan fingerprint density at radius 2 is 2.21 bits per heavy atom. The van der Waals surface area contributed by atoms with Gasteiger partial charge in [-0.25, -0.2) is 4.98 Å². The SMILES string of the molecule is N#CCC(=O)c1nc2ccc(OC(F)(F)F)cc2s1. The molecule has 0 spiro atoms. The first kappa shape index (κ1) is 13.3. The van der Waals surface area contributed by atoms with E-state index in [0.29, 0.717) is 10.2 Å². The number of Topliss-reactive ketones (excluding diaryl/α,β-unsaturated/α-hetero) is 1. The summed E-state index contributed by atoms with van der Waals surface area (Å²) in [6.07, 6.45) is -5.08. The minimum Gasteiger partial charge on any atom is -0.406 e. The molecule has 0 radical (unpaired) electrons. The monoisotopic (exact) mass is 286 g/mol. The summed E-state index contributed by atoms with van der Waals surface area (Å²) in [5.41, 5.74) is 0.390. The van der Waals surface area contributed by atoms with Crippen molar-refractivity contribution in [1.82, 2.24) is 4.98 Å². The van der Waals surface area contributed by atoms with Crippen LogP contribution < -0.4 is 4.74 Å². The normalized spacial score (nSPS) is 11.3. The molecule has 0 atom stereocenters. The van der Waals surface area contributed by atoms with Gasteiger partial charge >= 0.3 is 6.36 Å². The molecule has 0 saturated heterocycles. The lowest BCUT2D eigenvalue weighted by Crippen LogP contribution is -2.16. The molecule has 2 aromatic rings. The van der Waals surface area contributed by atoms with E-state index < -0.39 is 12.1 Å². The van der Waals surface area contributed by atoms with E-state index in [1.165, 1.54) is 6.07 Å². The Morgan fingerprint density at radius 1 is 1.47 bits per heavy atom. The number of benzene rings is 1. The van der Waals surface area contributed by atoms with Gasteiger partial charge in [-0.1, -0.05) is 0 Å². The van der Waals surface area contributed by atoms with Gasteiger partial charge in [-0.05, 0) is 18.2 Å². The summed E-state index contributed by atoms with van der Waals surface area (Å²) in [5, 5.41) is 8.50. The first-order valence-electron chi connectivity index (χ1n) is 4.95. The smallest absolute Gasteiger partial charge is 0.406 e. The van der Waals surface area contributed by atoms with Crippen molar-refractivity contribution in [2.45, 2.75) is 12.8 Å². The van der Waals surface area contributed by atoms with Crippen LogP contribution in [0.1, 0.15) is 16.2 Å². The molecule has 1 heterocycles. The number of halogens is 3. The molecule has 0 aliphatic rings. The molecule has 0 aliphatic heterocycles. The van der Waals surface area contributed by atoms with Crippen molar-refractivity contribution in [3.8, 4) is 11.8 Å². The number of hydrogen-bond donors (Lipinski definition) is 0. The number of nitriles is 1. The van der Waals surface area contributed by atoms with Crippen LogP contribution in [0.25, 0.3) is 10.2 Å². The molecule has 1 aromatic heterocycles. The minimum absolute atomic E-state index is 0.0979. The van der Waals surface area contributed by atoms with E-state index in [2.05, 4.69) is 9.72 Å². The van der Waals surface area contributed by atoms with E-state index in [0.717, 1.165) is 23.5 Å². The molecule has 0 bridgehead atoms. The number of aromatic nitrogens is 1. The molecule has 0 fully saturated rings. The lowest BCUT2D eigenvalue weighted by Gasteiger charge is -2.07. The Balaban J connectivity index is 2.34. The fourth-order valence-electron chi connectivity index (χ4n) is 1.37. The standard InChI is InChI=1S/C11H5F3N2O2S/c12-11(13,14)18-6-1-2-7-9(5-6)19-10(16-7)8(17)3-4-15/h1-2,5H,3H2. The zero-order chi connectivity index (χ0) is 14.0. The van der Waals surface area contributed by atoms with Crippen LogP contribution in [0, 0.1) is 11.3 Å². The summed E-state index contributed by atoms with van der Waals surface area (Å²) in [6, 6.07) is 5.30. The third-order valence-electron chi connectivity index (χ3n) is 2.07. The van der Waals surface area contributed by atoms with Crippen molar-refractivity contribution in [2.75, 3.05) is 0 Å². The molecular formula is C11H5F3N2O2S. The topological polar surface area (TPSA) is 63.0 Å². The first-order valence-corrected chi connectivity index (χ1v) is 5.77. The second-order valence-corrected chi connectivity index (χ2v) is 4.49. The van der Waals surface area contributed by atoms with Crippen molar-refractivity contribution in [3.05, 3.63) is 23.2 Å². The highest BCUT2D eigenvalue weighted by atomic mass is 32.1. The van der Waals surface area contributed by atoms with Crippen molar-refractivity contribution in [2.24, 2.45) is 0 Å². The van der Waals surface area contributed by atoms with E-state index in [1.54, 1.807) is 6.07 Å². The molecule has 19 heavy (non-hydrogen) atoms. The Kier molecular flexibility index (Phi) is 3.40. The van der Waals surface area contributed by atoms with Gasteiger partial charge in [0, 0.05) is 0 Å². The first-order chi connectivity index (χ1) is 8.89. The van der Waals surface area contributed by atoms with Crippen molar-refractivity contribution >= 4 is 27.3 Å². The van der Waals surface area contributed by atoms with E-state index in [-0.39, 0.29) is 17.2 Å². The molecule has 0 aliphatic carbocycles. The third-order valence-corrected chi connectivity index (χ3v) is 3.13. The van der Waals surface area contributed by atoms with Crippen molar-refractivity contribution in [1.29, 1.82) is 5.26 Å². The van der Waals surface area contributed by atoms with Crippen LogP contribution in [-0.2, 0) is 0 Å². The van der Waals surface area contributed by atoms with Crippen LogP contribution in [0.3, 0.4) is 0 Å². The molecule has 0 amide bonds. The summed E-state index contributed by atoms with van der Waals surface area (Å²) < 4.78 is 40.3. The number of fused-ring (bicyclic) bond motifs is 1. The quantitative estimate of drug-likeness (QED) is 0.812. The van der Waals surface area contributed by atoms with Gasteiger partial charge in [0.25, 0.3) is 0 Å². The number of rotatable bonds is 3. The van der Waals surface area contributed by atoms with Gasteiger partial charge in [-0.2, -0.15) is 5.26 Å². The largest absolute Gasteiger partial charge is 0.573 e. The van der Waals surface area contributed by atoms with Gasteiger partial charge in [-0.3, -0.25) is 4.79 Å². The number of hydrogen-bond acceptors (Lipinski definition) is 5. The number of alkyl halides is 3. The van der Waals surface area contributed by atoms with Gasteiger partial charge < -0.3 is 4.74 Å². The predicted molar refractivity (Wildman–Crippen MR) is 60.9 cm³/mol. The van der Waals surface area contributed by atoms with E-state index >= 15 is 0 Å². The molecular weight excluding hydrogens is 281 g/mol. The van der Waals surface area contributed by atoms with Crippen molar-refractivity contribution < 1.29 is 22.7 Å². The van der Waals surface area contributed by atoms with E-state index in [1.807, 2.05) is 0 Å². The molecule has 4 nitrogen and oxygen atoms in total. The molecule has 8 heteroatoms. The average Bonchev–Trinajstić information content (AvgIpc) is 2.70. The average molecular weight is 286 g/mol. The van der Waals surface area contributed by atoms with Gasteiger partial charge in [0.1, 0.15) is 12.2 Å². The fourth-order valence-corrected chi connectivity index (χ4v) is 2.30. The molecule has 98 valence electrons. The second kappa shape index (κ2) is 4.85. The van der Waals surface area contributed by atoms with Crippen LogP contribution in [0.2, 0.25) is 0 Å². The Labute approximate surface area is 109 Å². The van der Waals surface area contributed by atoms with Crippen LogP contribution in [0.5, 0.6) is 5.75 Å². The number of carbonyl (C=O) groups excluding carboxylic acids is 1. The highest BCUT2D eigenvalue weighted by Crippen LogP contribution is 2.29. The van der Waals surface area contributed by atoms with Crippen LogP contribution in [-0.4, -0.2) is 17.1 Å². The Bertz CT molecular complexity index is 673. The highest BCUT2D eigenvalue weighted by Gasteiger charge is 2.31. The van der Waals surface area contributed by atoms with Gasteiger partial charge in [0.2, 0.25) is 5.78 Å². The summed E-state index contributed by atoms with van der Waals surface area (Å²) in [4.78, 5) is 15.4. The summed E-state index contributed by atoms with van der Waals surface area (Å²) in [7, 11) is 0. The van der Waals surface area contributed by atoms with Crippen LogP contribution in [0.15, 0.2) is 18.2 Å². The van der Waals surface area contributed by atoms with Gasteiger partial charge in [0.15, 0.2) is 5.01 Å². The Morgan fingerprint density at radius 3 is 2.84 bits per heavy atom. The number of carbonyl (C=O) groups is 1. The number of thiazole rings is 1. The molecule has 2 rings (SSSR count). The fraction of sp³-hybridized carbons (Fsp3) is 0.182. The zero-order valence-electron chi connectivity index (χ0n) is 9.19. The van der Waals surface area contributed by atoms with E-state index in [9.17, 15) is 18.0 Å². The zero-order valence-corrected chi connectivity index (χ0v) is 10.0. The molecule has 0 saturated carbocycles. The lowest BCUT2D eigenvalue weighted by molar-refractivity contribution is -0.274. The highest BCUT2D eigenvalue weighted by molar-refractivity contribution is 7.20. The predicted octanol–water partition coefficient (Wildman–Crippen LogP) is 3.29. The Hall–Kier alpha value is -2.14. The number of nitrogens with zero attached hydrogens (tertiary/aromatic N) is 2. The summed E-state index contributed by atoms with van der Waals surface area (Å²) >= 11 is 0.926. The molecule has 0 N–H and O–H groups in total. The minimum atomic E-state index is -4.77. The maximum absolute atomic E-state index is 12.1. The molecule has 0 unspecified atom stereocenters. The second-order valence-electron chi connectivity index (χ2n) is 3.45. The third kappa shape index (κ3) is 3.20. The van der Waals surface area contributed by atoms with Gasteiger partial charge in [-0.15, -0.1) is 24.5 Å². The van der Waals surface area contributed by atoms with Crippen molar-refractivity contribution in [3.63, 3.8) is 0 Å². The lowest BCUT2D eigenvalue weighted by atomic mass is 10.3. The number of ketones is 1. The van der Waals surface area contributed by atoms with Gasteiger partial charge in [0.05, 0.1) is 16.3 Å². The van der Waals surface area contributed by atoms with Crippen LogP contribution in [0.4, 0.5) is 13.2 Å². The molecule has 1 aromatic carbocycles. The maximum atomic E-state index is 12.1. The number of ether oxygens (including phenoxy) is 1. The van der Waals surface area contributed by atoms with Crippen LogP contribution >= 0.6 is 11.3 Å². The van der Waals surface area contributed by atoms with E-state index in [4.69, 9.17) is 5.26 Å². The summed E-state index contributed by atoms with van der Waals surface area (Å²) in [6.45, 7) is 0. The summed E-state index contributed by atoms with van der Waals surface area (Å²) in [5.74, 6) is -0.829. The maximum Gasteiger partial charge on any atom is 0.573 e.